The van der Waals surface area contributed by atoms with E-state index in [0.717, 1.165) is 17.1 Å². The molecule has 72 heavy (non-hydrogen) atoms. The highest BCUT2D eigenvalue weighted by Gasteiger charge is 2.52. The van der Waals surface area contributed by atoms with Crippen LogP contribution in [0.2, 0.25) is 0 Å². The molecule has 0 unspecified atom stereocenters. The molecule has 0 amide bonds. The molecule has 0 fully saturated rings. The Labute approximate surface area is 431 Å². The van der Waals surface area contributed by atoms with Crippen LogP contribution in [0.4, 0.5) is 17.1 Å². The van der Waals surface area contributed by atoms with Gasteiger partial charge in [-0.25, -0.2) is 0 Å². The lowest BCUT2D eigenvalue weighted by Gasteiger charge is -2.40. The number of thiophene rings is 1. The van der Waals surface area contributed by atoms with E-state index in [9.17, 15) is 0 Å². The molecule has 2 aliphatic carbocycles. The molecular weight excluding hydrogens is 927 g/mol. The zero-order chi connectivity index (χ0) is 47.1. The molecule has 1 nitrogen and oxygen atoms in total. The predicted molar refractivity (Wildman–Crippen MR) is 302 cm³/mol. The summed E-state index contributed by atoms with van der Waals surface area (Å²) >= 11 is 5.66. The summed E-state index contributed by atoms with van der Waals surface area (Å²) in [5, 5.41) is 2.65. The number of hydrogen-bond donors (Lipinski definition) is 0. The van der Waals surface area contributed by atoms with Crippen LogP contribution in [0.15, 0.2) is 268 Å². The highest BCUT2D eigenvalue weighted by Crippen LogP contribution is 2.65. The maximum Gasteiger partial charge on any atom is 0.0735 e. The highest BCUT2D eigenvalue weighted by molar-refractivity contribution is 7.99. The van der Waals surface area contributed by atoms with Gasteiger partial charge in [-0.1, -0.05) is 199 Å². The van der Waals surface area contributed by atoms with Gasteiger partial charge in [-0.05, 0) is 151 Å². The number of rotatable bonds is 4. The monoisotopic (exact) mass is 967 g/mol. The van der Waals surface area contributed by atoms with Gasteiger partial charge in [0.1, 0.15) is 0 Å². The highest BCUT2D eigenvalue weighted by atomic mass is 32.2. The summed E-state index contributed by atoms with van der Waals surface area (Å²) in [6.45, 7) is 0. The Morgan fingerprint density at radius 1 is 0.264 bits per heavy atom. The zero-order valence-corrected chi connectivity index (χ0v) is 41.3. The molecule has 336 valence electrons. The molecule has 16 rings (SSSR count). The molecule has 0 saturated heterocycles. The molecule has 12 aromatic rings. The normalized spacial score (nSPS) is 14.5. The van der Waals surface area contributed by atoms with Crippen LogP contribution in [0.3, 0.4) is 0 Å². The molecule has 0 saturated carbocycles. The first kappa shape index (κ1) is 40.8. The van der Waals surface area contributed by atoms with E-state index < -0.39 is 10.8 Å². The minimum Gasteiger partial charge on any atom is -0.310 e. The number of fused-ring (bicyclic) bond motifs is 21. The van der Waals surface area contributed by atoms with E-state index in [1.807, 2.05) is 34.9 Å². The Hall–Kier alpha value is -7.86. The maximum absolute atomic E-state index is 2.50. The van der Waals surface area contributed by atoms with Gasteiger partial charge < -0.3 is 4.90 Å². The second-order valence-electron chi connectivity index (χ2n) is 19.4. The van der Waals surface area contributed by atoms with Crippen molar-refractivity contribution in [2.75, 3.05) is 4.90 Å². The number of benzene rings is 11. The van der Waals surface area contributed by atoms with Gasteiger partial charge in [-0.3, -0.25) is 0 Å². The molecule has 4 aliphatic rings. The molecule has 3 heterocycles. The summed E-state index contributed by atoms with van der Waals surface area (Å²) in [5.74, 6) is 0. The fraction of sp³-hybridized carbons (Fsp3) is 0.0294. The number of hydrogen-bond acceptors (Lipinski definition) is 4. The summed E-state index contributed by atoms with van der Waals surface area (Å²) in [6, 6.07) is 94.2. The average molecular weight is 968 g/mol. The second-order valence-corrected chi connectivity index (χ2v) is 22.7. The molecule has 4 heteroatoms. The lowest BCUT2D eigenvalue weighted by molar-refractivity contribution is 0.722. The van der Waals surface area contributed by atoms with Crippen molar-refractivity contribution in [3.8, 4) is 33.4 Å². The predicted octanol–water partition coefficient (Wildman–Crippen LogP) is 18.8. The topological polar surface area (TPSA) is 3.24 Å². The fourth-order valence-electron chi connectivity index (χ4n) is 13.1. The third-order valence-electron chi connectivity index (χ3n) is 16.0. The minimum absolute atomic E-state index is 0.443. The van der Waals surface area contributed by atoms with Crippen molar-refractivity contribution in [2.24, 2.45) is 0 Å². The summed E-state index contributed by atoms with van der Waals surface area (Å²) < 4.78 is 2.64. The van der Waals surface area contributed by atoms with E-state index in [1.54, 1.807) is 0 Å². The van der Waals surface area contributed by atoms with E-state index in [-0.39, 0.29) is 0 Å². The molecule has 2 aliphatic heterocycles. The largest absolute Gasteiger partial charge is 0.310 e. The average Bonchev–Trinajstić information content (AvgIpc) is 4.06. The first-order valence-electron chi connectivity index (χ1n) is 24.7. The Kier molecular flexibility index (Phi) is 8.69. The number of nitrogens with zero attached hydrogens (tertiary/aromatic N) is 1. The van der Waals surface area contributed by atoms with Crippen LogP contribution in [0, 0.1) is 0 Å². The van der Waals surface area contributed by atoms with Crippen LogP contribution >= 0.6 is 34.9 Å². The Bertz CT molecular complexity index is 3970. The quantitative estimate of drug-likeness (QED) is 0.173. The van der Waals surface area contributed by atoms with Gasteiger partial charge in [0, 0.05) is 56.8 Å². The smallest absolute Gasteiger partial charge is 0.0735 e. The van der Waals surface area contributed by atoms with Crippen LogP contribution in [-0.2, 0) is 10.8 Å². The minimum atomic E-state index is -0.443. The van der Waals surface area contributed by atoms with Crippen molar-refractivity contribution < 1.29 is 0 Å². The van der Waals surface area contributed by atoms with E-state index in [2.05, 4.69) is 254 Å². The first-order valence-corrected chi connectivity index (χ1v) is 27.2. The third-order valence-corrected chi connectivity index (χ3v) is 19.5. The lowest BCUT2D eigenvalue weighted by atomic mass is 9.67. The molecular formula is C68H41NS3. The SMILES string of the molecule is c1ccc2c(c1)Sc1ccccc1C21c2ccccc2-c2cc(N(c3ccc(-c4ccc5c(c4)sc4ccccc45)cc3)c3ccc4c(c3)-c3ccccc3C43c4ccccc4Sc4ccccc43)ccc21. The van der Waals surface area contributed by atoms with E-state index in [4.69, 9.17) is 0 Å². The van der Waals surface area contributed by atoms with E-state index in [1.165, 1.54) is 118 Å². The number of anilines is 3. The Morgan fingerprint density at radius 3 is 1.17 bits per heavy atom. The molecule has 2 spiro atoms. The molecule has 0 atom stereocenters. The van der Waals surface area contributed by atoms with Crippen molar-refractivity contribution >= 4 is 72.1 Å². The van der Waals surface area contributed by atoms with Crippen LogP contribution in [0.5, 0.6) is 0 Å². The third kappa shape index (κ3) is 5.47. The summed E-state index contributed by atoms with van der Waals surface area (Å²) in [4.78, 5) is 7.75. The Balaban J connectivity index is 0.911. The lowest BCUT2D eigenvalue weighted by Crippen LogP contribution is -2.32. The van der Waals surface area contributed by atoms with Crippen molar-refractivity contribution in [1.29, 1.82) is 0 Å². The molecule has 11 aromatic carbocycles. The Morgan fingerprint density at radius 2 is 0.653 bits per heavy atom. The van der Waals surface area contributed by atoms with Crippen molar-refractivity contribution in [3.63, 3.8) is 0 Å². The molecule has 0 radical (unpaired) electrons. The van der Waals surface area contributed by atoms with E-state index >= 15 is 0 Å². The van der Waals surface area contributed by atoms with Crippen LogP contribution in [0.25, 0.3) is 53.6 Å². The van der Waals surface area contributed by atoms with Gasteiger partial charge in [0.25, 0.3) is 0 Å². The molecule has 0 N–H and O–H groups in total. The van der Waals surface area contributed by atoms with Gasteiger partial charge in [0.15, 0.2) is 0 Å². The first-order chi connectivity index (χ1) is 35.7. The summed E-state index contributed by atoms with van der Waals surface area (Å²) in [7, 11) is 0. The van der Waals surface area contributed by atoms with Crippen molar-refractivity contribution in [2.45, 2.75) is 30.4 Å². The van der Waals surface area contributed by atoms with E-state index in [0.29, 0.717) is 0 Å². The second kappa shape index (κ2) is 15.3. The van der Waals surface area contributed by atoms with Gasteiger partial charge in [-0.2, -0.15) is 0 Å². The zero-order valence-electron chi connectivity index (χ0n) is 38.8. The van der Waals surface area contributed by atoms with Gasteiger partial charge in [0.05, 0.1) is 10.8 Å². The molecule has 1 aromatic heterocycles. The summed E-state index contributed by atoms with van der Waals surface area (Å²) in [5.41, 5.74) is 20.8. The summed E-state index contributed by atoms with van der Waals surface area (Å²) in [6.07, 6.45) is 0. The van der Waals surface area contributed by atoms with Crippen LogP contribution in [-0.4, -0.2) is 0 Å². The van der Waals surface area contributed by atoms with Gasteiger partial charge >= 0.3 is 0 Å². The van der Waals surface area contributed by atoms with Crippen molar-refractivity contribution in [1.82, 2.24) is 0 Å². The van der Waals surface area contributed by atoms with Crippen molar-refractivity contribution in [3.05, 3.63) is 293 Å². The standard InChI is InChI=1S/C68H41NS3/c1-4-18-53-47(15-1)51-40-45(34-37-55(51)67(53)57-20-6-11-25-62(57)71-63-26-12-7-21-58(63)67)69(44-32-29-42(30-33-44)43-31-36-50-49-17-3-10-24-61(49)70-66(50)39-43)46-35-38-56-52(41-46)48-16-2-5-19-54(48)68(56)59-22-8-13-27-64(59)72-65-28-14-9-23-60(65)68/h1-41H. The van der Waals surface area contributed by atoms with Gasteiger partial charge in [0.2, 0.25) is 0 Å². The maximum atomic E-state index is 2.50. The van der Waals surface area contributed by atoms with Gasteiger partial charge in [-0.15, -0.1) is 11.3 Å². The van der Waals surface area contributed by atoms with Crippen LogP contribution in [0.1, 0.15) is 44.5 Å². The fourth-order valence-corrected chi connectivity index (χ4v) is 16.7. The van der Waals surface area contributed by atoms with Crippen LogP contribution < -0.4 is 4.90 Å². The molecule has 0 bridgehead atoms.